The number of benzene rings is 1. The fourth-order valence-electron chi connectivity index (χ4n) is 2.43. The van der Waals surface area contributed by atoms with Crippen LogP contribution in [0, 0.1) is 13.8 Å². The highest BCUT2D eigenvalue weighted by molar-refractivity contribution is 5.32. The number of methoxy groups -OCH3 is 1. The normalized spacial score (nSPS) is 12.4. The summed E-state index contributed by atoms with van der Waals surface area (Å²) in [6, 6.07) is 8.02. The predicted molar refractivity (Wildman–Crippen MR) is 79.4 cm³/mol. The molecule has 3 N–H and O–H groups in total. The lowest BCUT2D eigenvalue weighted by atomic mass is 9.98. The minimum absolute atomic E-state index is 0.0579. The Bertz CT molecular complexity index is 574. The first-order valence-corrected chi connectivity index (χ1v) is 6.66. The van der Waals surface area contributed by atoms with Crippen LogP contribution in [0.25, 0.3) is 0 Å². The molecule has 0 fully saturated rings. The molecule has 0 saturated heterocycles. The summed E-state index contributed by atoms with van der Waals surface area (Å²) in [4.78, 5) is 0. The van der Waals surface area contributed by atoms with Crippen molar-refractivity contribution in [3.63, 3.8) is 0 Å². The molecule has 0 radical (unpaired) electrons. The Kier molecular flexibility index (Phi) is 4.42. The van der Waals surface area contributed by atoms with Gasteiger partial charge >= 0.3 is 0 Å². The number of aryl methyl sites for hydroxylation is 2. The second-order valence-corrected chi connectivity index (χ2v) is 4.97. The zero-order chi connectivity index (χ0) is 14.7. The lowest BCUT2D eigenvalue weighted by Gasteiger charge is -2.17. The lowest BCUT2D eigenvalue weighted by molar-refractivity contribution is 0.414. The van der Waals surface area contributed by atoms with Gasteiger partial charge in [0, 0.05) is 12.7 Å². The van der Waals surface area contributed by atoms with Gasteiger partial charge in [-0.1, -0.05) is 12.1 Å². The molecule has 2 rings (SSSR count). The Balaban J connectivity index is 2.23. The molecule has 0 aliphatic carbocycles. The van der Waals surface area contributed by atoms with Gasteiger partial charge in [0.2, 0.25) is 0 Å². The largest absolute Gasteiger partial charge is 0.497 e. The molecule has 2 aromatic rings. The summed E-state index contributed by atoms with van der Waals surface area (Å²) in [6.07, 6.45) is 0.814. The number of rotatable bonds is 5. The van der Waals surface area contributed by atoms with E-state index in [1.54, 1.807) is 7.11 Å². The average molecular weight is 274 g/mol. The number of nitrogens with two attached hydrogens (primary N) is 1. The van der Waals surface area contributed by atoms with Crippen molar-refractivity contribution in [1.29, 1.82) is 0 Å². The molecule has 108 valence electrons. The summed E-state index contributed by atoms with van der Waals surface area (Å²) in [5, 5.41) is 4.45. The van der Waals surface area contributed by atoms with Crippen LogP contribution >= 0.6 is 0 Å². The summed E-state index contributed by atoms with van der Waals surface area (Å²) in [5.41, 5.74) is 7.50. The van der Waals surface area contributed by atoms with E-state index >= 15 is 0 Å². The highest BCUT2D eigenvalue weighted by atomic mass is 16.5. The minimum atomic E-state index is 0.0579. The molecule has 5 nitrogen and oxygen atoms in total. The van der Waals surface area contributed by atoms with Crippen LogP contribution in [0.1, 0.15) is 28.6 Å². The highest BCUT2D eigenvalue weighted by Crippen LogP contribution is 2.23. The van der Waals surface area contributed by atoms with Crippen LogP contribution in [0.15, 0.2) is 24.3 Å². The van der Waals surface area contributed by atoms with Crippen LogP contribution in [0.2, 0.25) is 0 Å². The van der Waals surface area contributed by atoms with Gasteiger partial charge in [0.1, 0.15) is 5.75 Å². The summed E-state index contributed by atoms with van der Waals surface area (Å²) in [6.45, 7) is 4.11. The monoisotopic (exact) mass is 274 g/mol. The van der Waals surface area contributed by atoms with Crippen LogP contribution in [-0.4, -0.2) is 16.9 Å². The van der Waals surface area contributed by atoms with Crippen LogP contribution in [0.4, 0.5) is 0 Å². The maximum atomic E-state index is 5.72. The maximum absolute atomic E-state index is 5.72. The van der Waals surface area contributed by atoms with E-state index in [1.807, 2.05) is 42.9 Å². The SMILES string of the molecule is COc1ccc(C(Cc2c(C)nn(C)c2C)NN)cc1. The highest BCUT2D eigenvalue weighted by Gasteiger charge is 2.16. The molecular formula is C15H22N4O. The molecule has 1 heterocycles. The third-order valence-electron chi connectivity index (χ3n) is 3.79. The molecule has 1 aromatic carbocycles. The number of hydrazine groups is 1. The molecule has 0 amide bonds. The molecule has 5 heteroatoms. The fraction of sp³-hybridized carbons (Fsp3) is 0.400. The Morgan fingerprint density at radius 2 is 1.95 bits per heavy atom. The number of hydrogen-bond donors (Lipinski definition) is 2. The molecule has 1 aromatic heterocycles. The van der Waals surface area contributed by atoms with Gasteiger partial charge in [0.05, 0.1) is 18.8 Å². The van der Waals surface area contributed by atoms with Crippen LogP contribution in [0.3, 0.4) is 0 Å². The van der Waals surface area contributed by atoms with Crippen molar-refractivity contribution in [2.75, 3.05) is 7.11 Å². The Hall–Kier alpha value is -1.85. The van der Waals surface area contributed by atoms with E-state index in [9.17, 15) is 0 Å². The van der Waals surface area contributed by atoms with Gasteiger partial charge in [0.25, 0.3) is 0 Å². The van der Waals surface area contributed by atoms with E-state index in [2.05, 4.69) is 17.4 Å². The molecule has 0 aliphatic heterocycles. The van der Waals surface area contributed by atoms with E-state index in [0.29, 0.717) is 0 Å². The van der Waals surface area contributed by atoms with Crippen LogP contribution < -0.4 is 16.0 Å². The van der Waals surface area contributed by atoms with Crippen molar-refractivity contribution in [2.45, 2.75) is 26.3 Å². The van der Waals surface area contributed by atoms with Crippen molar-refractivity contribution in [2.24, 2.45) is 12.9 Å². The van der Waals surface area contributed by atoms with Gasteiger partial charge in [-0.15, -0.1) is 0 Å². The molecular weight excluding hydrogens is 252 g/mol. The average Bonchev–Trinajstić information content (AvgIpc) is 2.70. The predicted octanol–water partition coefficient (Wildman–Crippen LogP) is 1.79. The smallest absolute Gasteiger partial charge is 0.118 e. The van der Waals surface area contributed by atoms with Crippen molar-refractivity contribution in [3.8, 4) is 5.75 Å². The molecule has 1 unspecified atom stereocenters. The lowest BCUT2D eigenvalue weighted by Crippen LogP contribution is -2.29. The van der Waals surface area contributed by atoms with Gasteiger partial charge in [-0.25, -0.2) is 0 Å². The standard InChI is InChI=1S/C15H22N4O/c1-10-14(11(2)19(3)18-10)9-15(17-16)12-5-7-13(20-4)8-6-12/h5-8,15,17H,9,16H2,1-4H3. The van der Waals surface area contributed by atoms with E-state index in [0.717, 1.165) is 23.4 Å². The van der Waals surface area contributed by atoms with Gasteiger partial charge in [0.15, 0.2) is 0 Å². The van der Waals surface area contributed by atoms with Gasteiger partial charge in [-0.2, -0.15) is 5.10 Å². The number of nitrogens with one attached hydrogen (secondary N) is 1. The first kappa shape index (κ1) is 14.6. The van der Waals surface area contributed by atoms with E-state index < -0.39 is 0 Å². The van der Waals surface area contributed by atoms with Crippen molar-refractivity contribution >= 4 is 0 Å². The van der Waals surface area contributed by atoms with Crippen LogP contribution in [-0.2, 0) is 13.5 Å². The fourth-order valence-corrected chi connectivity index (χ4v) is 2.43. The van der Waals surface area contributed by atoms with Crippen molar-refractivity contribution in [1.82, 2.24) is 15.2 Å². The van der Waals surface area contributed by atoms with Crippen LogP contribution in [0.5, 0.6) is 5.75 Å². The third kappa shape index (κ3) is 2.84. The quantitative estimate of drug-likeness (QED) is 0.644. The van der Waals surface area contributed by atoms with Gasteiger partial charge < -0.3 is 4.74 Å². The topological polar surface area (TPSA) is 65.1 Å². The summed E-state index contributed by atoms with van der Waals surface area (Å²) in [5.74, 6) is 6.57. The summed E-state index contributed by atoms with van der Waals surface area (Å²) < 4.78 is 7.09. The molecule has 0 spiro atoms. The molecule has 20 heavy (non-hydrogen) atoms. The molecule has 0 bridgehead atoms. The number of nitrogens with zero attached hydrogens (tertiary/aromatic N) is 2. The van der Waals surface area contributed by atoms with Crippen molar-refractivity contribution < 1.29 is 4.74 Å². The van der Waals surface area contributed by atoms with Gasteiger partial charge in [-0.3, -0.25) is 16.0 Å². The molecule has 1 atom stereocenters. The zero-order valence-corrected chi connectivity index (χ0v) is 12.5. The number of ether oxygens (including phenoxy) is 1. The molecule has 0 aliphatic rings. The van der Waals surface area contributed by atoms with E-state index in [-0.39, 0.29) is 6.04 Å². The third-order valence-corrected chi connectivity index (χ3v) is 3.79. The second kappa shape index (κ2) is 6.07. The number of aromatic nitrogens is 2. The first-order valence-electron chi connectivity index (χ1n) is 6.66. The van der Waals surface area contributed by atoms with E-state index in [4.69, 9.17) is 10.6 Å². The summed E-state index contributed by atoms with van der Waals surface area (Å²) in [7, 11) is 3.63. The Labute approximate surface area is 119 Å². The minimum Gasteiger partial charge on any atom is -0.497 e. The Morgan fingerprint density at radius 1 is 1.30 bits per heavy atom. The maximum Gasteiger partial charge on any atom is 0.118 e. The van der Waals surface area contributed by atoms with Crippen molar-refractivity contribution in [3.05, 3.63) is 46.8 Å². The van der Waals surface area contributed by atoms with Gasteiger partial charge in [-0.05, 0) is 43.5 Å². The van der Waals surface area contributed by atoms with E-state index in [1.165, 1.54) is 11.3 Å². The molecule has 0 saturated carbocycles. The Morgan fingerprint density at radius 3 is 2.40 bits per heavy atom. The first-order chi connectivity index (χ1) is 9.56. The zero-order valence-electron chi connectivity index (χ0n) is 12.5. The number of hydrogen-bond acceptors (Lipinski definition) is 4. The summed E-state index contributed by atoms with van der Waals surface area (Å²) >= 11 is 0. The second-order valence-electron chi connectivity index (χ2n) is 4.97.